The molecule has 0 saturated carbocycles. The first-order valence-corrected chi connectivity index (χ1v) is 23.9. The van der Waals surface area contributed by atoms with E-state index in [0.717, 1.165) is 13.3 Å². The summed E-state index contributed by atoms with van der Waals surface area (Å²) in [5.41, 5.74) is -5.09. The molecule has 3 aromatic heterocycles. The van der Waals surface area contributed by atoms with Crippen molar-refractivity contribution in [1.29, 1.82) is 0 Å². The van der Waals surface area contributed by atoms with Gasteiger partial charge in [-0.25, -0.2) is 27.9 Å². The van der Waals surface area contributed by atoms with Crippen LogP contribution in [0, 0.1) is 18.6 Å². The van der Waals surface area contributed by atoms with E-state index < -0.39 is 93.3 Å². The van der Waals surface area contributed by atoms with Crippen LogP contribution in [0.25, 0.3) is 22.2 Å². The molecule has 1 unspecified atom stereocenters. The number of fused-ring (bicyclic) bond motifs is 6. The normalized spacial score (nSPS) is 23.8. The fourth-order valence-electron chi connectivity index (χ4n) is 11.4. The number of rotatable bonds is 11. The van der Waals surface area contributed by atoms with Crippen molar-refractivity contribution in [3.63, 3.8) is 0 Å². The maximum absolute atomic E-state index is 18.1. The Labute approximate surface area is 407 Å². The molecule has 2 aromatic carbocycles. The van der Waals surface area contributed by atoms with E-state index >= 15 is 22.0 Å². The van der Waals surface area contributed by atoms with Gasteiger partial charge in [0.2, 0.25) is 5.88 Å². The third kappa shape index (κ3) is 8.83. The SMILES string of the molecule is COc1ccc(CN(Cc2ccc(OC)cc2)c2nc(C)c(C(F)(F)F)c(-c3nc4c5c(nc(OC[C@@]67CCCN6C[C@H](F)C7)nc5c3F)N3C[C@H]5CC[C@@H](C3[C@H](C)O4)N5C(=O)OC(C)(C)C)c2F)cc1. The fraction of sp³-hybridized carbons (Fsp3) is 0.510. The first-order chi connectivity index (χ1) is 33.8. The molecule has 10 rings (SSSR count). The van der Waals surface area contributed by atoms with Crippen molar-refractivity contribution in [3.05, 3.63) is 82.5 Å². The highest BCUT2D eigenvalue weighted by Gasteiger charge is 2.55. The maximum atomic E-state index is 18.1. The average molecular weight is 991 g/mol. The highest BCUT2D eigenvalue weighted by atomic mass is 19.4. The molecule has 4 fully saturated rings. The van der Waals surface area contributed by atoms with E-state index in [4.69, 9.17) is 28.7 Å². The van der Waals surface area contributed by atoms with Gasteiger partial charge in [0.05, 0.1) is 54.7 Å². The summed E-state index contributed by atoms with van der Waals surface area (Å²) in [5, 5.41) is -0.0657. The lowest BCUT2D eigenvalue weighted by Gasteiger charge is -2.48. The van der Waals surface area contributed by atoms with Crippen LogP contribution < -0.4 is 28.7 Å². The second kappa shape index (κ2) is 18.1. The zero-order valence-corrected chi connectivity index (χ0v) is 40.6. The van der Waals surface area contributed by atoms with Crippen molar-refractivity contribution >= 4 is 28.6 Å². The van der Waals surface area contributed by atoms with Gasteiger partial charge in [-0.2, -0.15) is 23.1 Å². The number of hydrogen-bond donors (Lipinski definition) is 0. The van der Waals surface area contributed by atoms with E-state index in [1.165, 1.54) is 19.1 Å². The highest BCUT2D eigenvalue weighted by molar-refractivity contribution is 5.98. The van der Waals surface area contributed by atoms with Crippen LogP contribution in [0.5, 0.6) is 23.4 Å². The van der Waals surface area contributed by atoms with E-state index in [-0.39, 0.29) is 68.3 Å². The van der Waals surface area contributed by atoms with Gasteiger partial charge in [-0.3, -0.25) is 9.80 Å². The quantitative estimate of drug-likeness (QED) is 0.117. The first kappa shape index (κ1) is 48.3. The Balaban J connectivity index is 1.15. The first-order valence-electron chi connectivity index (χ1n) is 23.9. The Hall–Kier alpha value is -6.31. The van der Waals surface area contributed by atoms with Crippen LogP contribution in [0.4, 0.5) is 42.8 Å². The van der Waals surface area contributed by atoms with E-state index in [9.17, 15) is 9.18 Å². The molecule has 14 nitrogen and oxygen atoms in total. The van der Waals surface area contributed by atoms with E-state index in [1.807, 2.05) is 9.80 Å². The van der Waals surface area contributed by atoms with Gasteiger partial charge in [0.15, 0.2) is 17.5 Å². The fourth-order valence-corrected chi connectivity index (χ4v) is 11.4. The third-order valence-electron chi connectivity index (χ3n) is 14.5. The Morgan fingerprint density at radius 2 is 1.56 bits per heavy atom. The van der Waals surface area contributed by atoms with Crippen LogP contribution in [0.15, 0.2) is 48.5 Å². The van der Waals surface area contributed by atoms with Crippen LogP contribution in [-0.2, 0) is 24.0 Å². The van der Waals surface area contributed by atoms with Gasteiger partial charge < -0.3 is 33.5 Å². The highest BCUT2D eigenvalue weighted by Crippen LogP contribution is 2.50. The molecule has 0 radical (unpaired) electrons. The number of ether oxygens (including phenoxy) is 5. The molecule has 6 atom stereocenters. The number of aromatic nitrogens is 4. The number of benzene rings is 2. The summed E-state index contributed by atoms with van der Waals surface area (Å²) in [6.45, 7) is 9.12. The minimum Gasteiger partial charge on any atom is -0.497 e. The van der Waals surface area contributed by atoms with E-state index in [1.54, 1.807) is 81.1 Å². The molecule has 20 heteroatoms. The molecule has 5 aliphatic heterocycles. The molecule has 71 heavy (non-hydrogen) atoms. The molecule has 5 aromatic rings. The number of carbonyl (C=O) groups excluding carboxylic acids is 1. The molecule has 8 heterocycles. The van der Waals surface area contributed by atoms with E-state index in [2.05, 4.69) is 15.0 Å². The summed E-state index contributed by atoms with van der Waals surface area (Å²) >= 11 is 0. The Bertz CT molecular complexity index is 2800. The van der Waals surface area contributed by atoms with Gasteiger partial charge >= 0.3 is 18.3 Å². The minimum absolute atomic E-state index is 0.0389. The standard InChI is InChI=1S/C51H56F6N8O6/c1-27-38(51(55,56)57)36(39(53)45(58-27)62(22-29-9-14-33(67-6)15-10-29)23-30-11-16-34(68-7)17-12-30)41-40(54)42-37-44(61-47(60-42)69-26-50-19-8-20-63(50)24-31(52)21-50)64-25-32-13-18-35(43(64)28(2)70-46(37)59-41)65(32)48(66)71-49(3,4)5/h9-12,14-17,28,31-32,35,43H,8,13,18-26H2,1-7H3/t28-,31+,32+,35-,43?,50-/m0/s1. The van der Waals surface area contributed by atoms with Gasteiger partial charge in [-0.15, -0.1) is 0 Å². The number of halogens is 6. The van der Waals surface area contributed by atoms with Crippen molar-refractivity contribution in [3.8, 4) is 34.6 Å². The molecule has 5 aliphatic rings. The van der Waals surface area contributed by atoms with Crippen molar-refractivity contribution < 1.29 is 54.8 Å². The minimum atomic E-state index is -5.26. The van der Waals surface area contributed by atoms with Crippen LogP contribution in [0.2, 0.25) is 0 Å². The average Bonchev–Trinajstić information content (AvgIpc) is 3.93. The van der Waals surface area contributed by atoms with Gasteiger partial charge in [0.25, 0.3) is 0 Å². The number of methoxy groups -OCH3 is 2. The largest absolute Gasteiger partial charge is 0.497 e. The summed E-state index contributed by atoms with van der Waals surface area (Å²) in [6, 6.07) is 11.9. The van der Waals surface area contributed by atoms with Crippen LogP contribution >= 0.6 is 0 Å². The third-order valence-corrected chi connectivity index (χ3v) is 14.5. The summed E-state index contributed by atoms with van der Waals surface area (Å²) in [5.74, 6) is -2.48. The molecule has 0 N–H and O–H groups in total. The van der Waals surface area contributed by atoms with Gasteiger partial charge in [-0.1, -0.05) is 24.3 Å². The Kier molecular flexibility index (Phi) is 12.3. The lowest BCUT2D eigenvalue weighted by molar-refractivity contribution is -0.138. The zero-order chi connectivity index (χ0) is 50.3. The number of hydrogen-bond acceptors (Lipinski definition) is 13. The summed E-state index contributed by atoms with van der Waals surface area (Å²) in [6.07, 6.45) is -4.89. The maximum Gasteiger partial charge on any atom is 0.418 e. The van der Waals surface area contributed by atoms with Gasteiger partial charge in [-0.05, 0) is 102 Å². The molecule has 378 valence electrons. The van der Waals surface area contributed by atoms with Crippen LogP contribution in [0.3, 0.4) is 0 Å². The molecule has 1 amide bonds. The van der Waals surface area contributed by atoms with E-state index in [0.29, 0.717) is 48.4 Å². The molecule has 4 saturated heterocycles. The Morgan fingerprint density at radius 3 is 2.18 bits per heavy atom. The van der Waals surface area contributed by atoms with Gasteiger partial charge in [0, 0.05) is 32.6 Å². The second-order valence-electron chi connectivity index (χ2n) is 20.3. The molecule has 2 bridgehead atoms. The number of carbonyl (C=O) groups is 1. The number of amides is 1. The predicted molar refractivity (Wildman–Crippen MR) is 251 cm³/mol. The van der Waals surface area contributed by atoms with Gasteiger partial charge in [0.1, 0.15) is 58.4 Å². The lowest BCUT2D eigenvalue weighted by atomic mass is 9.95. The smallest absolute Gasteiger partial charge is 0.418 e. The lowest BCUT2D eigenvalue weighted by Crippen LogP contribution is -2.65. The topological polar surface area (TPSA) is 128 Å². The predicted octanol–water partition coefficient (Wildman–Crippen LogP) is 9.61. The van der Waals surface area contributed by atoms with Crippen LogP contribution in [0.1, 0.15) is 82.2 Å². The van der Waals surface area contributed by atoms with Crippen molar-refractivity contribution in [2.45, 2.75) is 128 Å². The second-order valence-corrected chi connectivity index (χ2v) is 20.3. The number of nitrogens with zero attached hydrogens (tertiary/aromatic N) is 8. The number of alkyl halides is 4. The number of piperazine rings is 1. The van der Waals surface area contributed by atoms with Crippen molar-refractivity contribution in [1.82, 2.24) is 29.7 Å². The molecular weight excluding hydrogens is 935 g/mol. The summed E-state index contributed by atoms with van der Waals surface area (Å²) in [4.78, 5) is 39.1. The number of anilines is 2. The van der Waals surface area contributed by atoms with Crippen LogP contribution in [-0.4, -0.2) is 118 Å². The molecular formula is C51H56F6N8O6. The summed E-state index contributed by atoms with van der Waals surface area (Å²) < 4.78 is 127. The number of aryl methyl sites for hydroxylation is 1. The van der Waals surface area contributed by atoms with Crippen molar-refractivity contribution in [2.24, 2.45) is 0 Å². The zero-order valence-electron chi connectivity index (χ0n) is 40.6. The summed E-state index contributed by atoms with van der Waals surface area (Å²) in [7, 11) is 3.02. The molecule has 0 aliphatic carbocycles. The number of pyridine rings is 2. The molecule has 0 spiro atoms. The van der Waals surface area contributed by atoms with Crippen molar-refractivity contribution in [2.75, 3.05) is 50.3 Å². The Morgan fingerprint density at radius 1 is 0.901 bits per heavy atom. The monoisotopic (exact) mass is 990 g/mol.